The number of hydrogen-bond donors (Lipinski definition) is 2. The number of ether oxygens (including phenoxy) is 1. The number of benzene rings is 2. The molecule has 0 aliphatic carbocycles. The smallest absolute Gasteiger partial charge is 0.280 e. The summed E-state index contributed by atoms with van der Waals surface area (Å²) in [7, 11) is 0. The molecule has 274 valence electrons. The van der Waals surface area contributed by atoms with E-state index in [1.165, 1.54) is 46.5 Å². The highest BCUT2D eigenvalue weighted by Gasteiger charge is 2.42. The largest absolute Gasteiger partial charge is 0.437 e. The number of hydrogen-bond acceptors (Lipinski definition) is 10. The van der Waals surface area contributed by atoms with Crippen molar-refractivity contribution in [3.05, 3.63) is 117 Å². The van der Waals surface area contributed by atoms with E-state index < -0.39 is 17.0 Å². The Labute approximate surface area is 309 Å². The van der Waals surface area contributed by atoms with Crippen LogP contribution in [0.15, 0.2) is 84.0 Å². The molecule has 2 aliphatic rings. The van der Waals surface area contributed by atoms with Crippen LogP contribution in [0, 0.1) is 25.6 Å². The maximum Gasteiger partial charge on any atom is 0.280 e. The molecule has 12 nitrogen and oxygen atoms in total. The standard InChI is InChI=1S/C39H40FN7O5S/c1-24-8-9-27(20-42-24)35-44-25(2)33(53-35)38(50)46-17-14-30(31(21-46)26-6-4-3-5-7-26)36(48)45-18-15-39(51,16-19-45)22-47-23-43-34(32(41)37(47)49)52-29-12-10-28(40)11-13-29/h3-13,20,23,30-31,51H,14-19,21-22,41H2,1-2H3/t30-,31+/m1/s1. The van der Waals surface area contributed by atoms with Crippen molar-refractivity contribution in [1.29, 1.82) is 0 Å². The molecule has 0 radical (unpaired) electrons. The van der Waals surface area contributed by atoms with Gasteiger partial charge in [-0.05, 0) is 75.1 Å². The van der Waals surface area contributed by atoms with E-state index >= 15 is 0 Å². The molecule has 2 amide bonds. The minimum absolute atomic E-state index is 0.0125. The van der Waals surface area contributed by atoms with Crippen LogP contribution in [0.3, 0.4) is 0 Å². The van der Waals surface area contributed by atoms with E-state index in [2.05, 4.69) is 15.0 Å². The van der Waals surface area contributed by atoms with Crippen molar-refractivity contribution in [2.24, 2.45) is 5.92 Å². The van der Waals surface area contributed by atoms with Crippen molar-refractivity contribution in [3.63, 3.8) is 0 Å². The number of aryl methyl sites for hydroxylation is 2. The fraction of sp³-hybridized carbons (Fsp3) is 0.333. The number of carbonyl (C=O) groups excluding carboxylic acids is 2. The second kappa shape index (κ2) is 14.9. The fourth-order valence-corrected chi connectivity index (χ4v) is 8.10. The summed E-state index contributed by atoms with van der Waals surface area (Å²) in [6.07, 6.45) is 4.01. The van der Waals surface area contributed by atoms with Gasteiger partial charge in [0.05, 0.1) is 17.8 Å². The summed E-state index contributed by atoms with van der Waals surface area (Å²) < 4.78 is 20.1. The Morgan fingerprint density at radius 3 is 2.43 bits per heavy atom. The van der Waals surface area contributed by atoms with Gasteiger partial charge in [0.2, 0.25) is 11.8 Å². The van der Waals surface area contributed by atoms with E-state index in [-0.39, 0.29) is 60.4 Å². The number of rotatable bonds is 8. The average Bonchev–Trinajstić information content (AvgIpc) is 3.56. The molecule has 0 saturated carbocycles. The lowest BCUT2D eigenvalue weighted by molar-refractivity contribution is -0.142. The summed E-state index contributed by atoms with van der Waals surface area (Å²) >= 11 is 1.36. The predicted octanol–water partition coefficient (Wildman–Crippen LogP) is 5.19. The number of nitrogens with zero attached hydrogens (tertiary/aromatic N) is 6. The number of aromatic nitrogens is 4. The number of likely N-dealkylation sites (tertiary alicyclic amines) is 2. The van der Waals surface area contributed by atoms with Gasteiger partial charge in [0.1, 0.15) is 27.8 Å². The highest BCUT2D eigenvalue weighted by Crippen LogP contribution is 2.37. The van der Waals surface area contributed by atoms with E-state index in [1.54, 1.807) is 11.1 Å². The van der Waals surface area contributed by atoms with E-state index in [0.29, 0.717) is 43.2 Å². The van der Waals surface area contributed by atoms with E-state index in [9.17, 15) is 23.9 Å². The zero-order valence-corrected chi connectivity index (χ0v) is 30.3. The number of nitrogen functional groups attached to an aromatic ring is 1. The number of piperidine rings is 2. The third-order valence-electron chi connectivity index (χ3n) is 10.1. The van der Waals surface area contributed by atoms with Crippen molar-refractivity contribution in [3.8, 4) is 22.2 Å². The zero-order chi connectivity index (χ0) is 37.3. The summed E-state index contributed by atoms with van der Waals surface area (Å²) in [5.74, 6) is -0.965. The quantitative estimate of drug-likeness (QED) is 0.219. The Hall–Kier alpha value is -5.47. The summed E-state index contributed by atoms with van der Waals surface area (Å²) in [4.78, 5) is 58.7. The topological polar surface area (TPSA) is 157 Å². The van der Waals surface area contributed by atoms with Crippen LogP contribution in [-0.2, 0) is 11.3 Å². The highest BCUT2D eigenvalue weighted by molar-refractivity contribution is 7.17. The van der Waals surface area contributed by atoms with Gasteiger partial charge in [-0.25, -0.2) is 14.4 Å². The molecule has 2 atom stereocenters. The van der Waals surface area contributed by atoms with E-state index in [1.807, 2.05) is 61.2 Å². The lowest BCUT2D eigenvalue weighted by atomic mass is 9.79. The molecule has 2 saturated heterocycles. The first-order valence-corrected chi connectivity index (χ1v) is 18.3. The third kappa shape index (κ3) is 7.69. The lowest BCUT2D eigenvalue weighted by Gasteiger charge is -2.43. The summed E-state index contributed by atoms with van der Waals surface area (Å²) in [6.45, 7) is 5.12. The monoisotopic (exact) mass is 737 g/mol. The van der Waals surface area contributed by atoms with Crippen LogP contribution in [0.4, 0.5) is 10.1 Å². The number of thiazole rings is 1. The molecule has 2 fully saturated rings. The SMILES string of the molecule is Cc1ccc(-c2nc(C)c(C(=O)N3CC[C@@H](C(=O)N4CCC(O)(Cn5cnc(Oc6ccc(F)cc6)c(N)c5=O)CC4)[C@H](c4ccccc4)C3)s2)cn1. The molecule has 5 aromatic rings. The van der Waals surface area contributed by atoms with E-state index in [4.69, 9.17) is 10.5 Å². The van der Waals surface area contributed by atoms with Crippen molar-refractivity contribution >= 4 is 28.8 Å². The van der Waals surface area contributed by atoms with Crippen LogP contribution < -0.4 is 16.0 Å². The number of amides is 2. The number of carbonyl (C=O) groups is 2. The Bertz CT molecular complexity index is 2170. The van der Waals surface area contributed by atoms with Gasteiger partial charge in [0.25, 0.3) is 11.5 Å². The van der Waals surface area contributed by atoms with Gasteiger partial charge in [-0.2, -0.15) is 0 Å². The molecule has 2 aliphatic heterocycles. The van der Waals surface area contributed by atoms with Crippen molar-refractivity contribution in [1.82, 2.24) is 29.3 Å². The van der Waals surface area contributed by atoms with Crippen LogP contribution in [0.1, 0.15) is 51.8 Å². The molecular weight excluding hydrogens is 698 g/mol. The van der Waals surface area contributed by atoms with Crippen molar-refractivity contribution in [2.75, 3.05) is 31.9 Å². The second-order valence-electron chi connectivity index (χ2n) is 13.8. The Kier molecular flexibility index (Phi) is 10.1. The number of halogens is 1. The van der Waals surface area contributed by atoms with Crippen LogP contribution in [0.2, 0.25) is 0 Å². The first kappa shape index (κ1) is 35.9. The minimum atomic E-state index is -1.28. The molecule has 3 N–H and O–H groups in total. The van der Waals surface area contributed by atoms with Gasteiger partial charge < -0.3 is 25.4 Å². The maximum atomic E-state index is 14.2. The normalized spacial score (nSPS) is 18.5. The Morgan fingerprint density at radius 2 is 1.74 bits per heavy atom. The maximum absolute atomic E-state index is 14.2. The Morgan fingerprint density at radius 1 is 1.00 bits per heavy atom. The van der Waals surface area contributed by atoms with Gasteiger partial charge in [-0.15, -0.1) is 11.3 Å². The molecule has 2 aromatic carbocycles. The van der Waals surface area contributed by atoms with Gasteiger partial charge in [-0.3, -0.25) is 23.9 Å². The van der Waals surface area contributed by atoms with Gasteiger partial charge in [0.15, 0.2) is 5.69 Å². The van der Waals surface area contributed by atoms with Gasteiger partial charge >= 0.3 is 0 Å². The lowest BCUT2D eigenvalue weighted by Crippen LogP contribution is -2.53. The number of pyridine rings is 1. The molecule has 53 heavy (non-hydrogen) atoms. The second-order valence-corrected chi connectivity index (χ2v) is 14.8. The average molecular weight is 738 g/mol. The number of nitrogens with two attached hydrogens (primary N) is 1. The van der Waals surface area contributed by atoms with Crippen LogP contribution in [-0.4, -0.2) is 78.0 Å². The molecule has 0 bridgehead atoms. The molecule has 14 heteroatoms. The highest BCUT2D eigenvalue weighted by atomic mass is 32.1. The molecule has 0 unspecified atom stereocenters. The molecule has 3 aromatic heterocycles. The van der Waals surface area contributed by atoms with Crippen LogP contribution in [0.25, 0.3) is 10.6 Å². The van der Waals surface area contributed by atoms with Crippen LogP contribution >= 0.6 is 11.3 Å². The van der Waals surface area contributed by atoms with Gasteiger partial charge in [-0.1, -0.05) is 30.3 Å². The molecule has 5 heterocycles. The fourth-order valence-electron chi connectivity index (χ4n) is 7.08. The Balaban J connectivity index is 1.02. The number of anilines is 1. The first-order valence-electron chi connectivity index (χ1n) is 17.5. The summed E-state index contributed by atoms with van der Waals surface area (Å²) in [6, 6.07) is 18.9. The molecule has 7 rings (SSSR count). The van der Waals surface area contributed by atoms with Gasteiger partial charge in [0, 0.05) is 55.5 Å². The van der Waals surface area contributed by atoms with Crippen molar-refractivity contribution < 1.29 is 23.8 Å². The number of aliphatic hydroxyl groups is 1. The van der Waals surface area contributed by atoms with Crippen LogP contribution in [0.5, 0.6) is 11.6 Å². The minimum Gasteiger partial charge on any atom is -0.437 e. The molecule has 0 spiro atoms. The molecular formula is C39H40FN7O5S. The summed E-state index contributed by atoms with van der Waals surface area (Å²) in [5, 5.41) is 12.3. The summed E-state index contributed by atoms with van der Waals surface area (Å²) in [5.41, 5.74) is 7.39. The third-order valence-corrected chi connectivity index (χ3v) is 11.3. The van der Waals surface area contributed by atoms with E-state index in [0.717, 1.165) is 21.8 Å². The van der Waals surface area contributed by atoms with Crippen molar-refractivity contribution in [2.45, 2.75) is 51.2 Å². The first-order chi connectivity index (χ1) is 25.5. The zero-order valence-electron chi connectivity index (χ0n) is 29.4. The predicted molar refractivity (Wildman–Crippen MR) is 198 cm³/mol.